The molecule has 36 heavy (non-hydrogen) atoms. The number of rotatable bonds is 1. The monoisotopic (exact) mass is 468 g/mol. The van der Waals surface area contributed by atoms with Crippen LogP contribution in [0.2, 0.25) is 0 Å². The Morgan fingerprint density at radius 1 is 0.778 bits per heavy atom. The van der Waals surface area contributed by atoms with Gasteiger partial charge >= 0.3 is 0 Å². The summed E-state index contributed by atoms with van der Waals surface area (Å²) in [5.74, 6) is 1.50. The number of fused-ring (bicyclic) bond motifs is 5. The highest BCUT2D eigenvalue weighted by molar-refractivity contribution is 5.83. The second kappa shape index (κ2) is 9.66. The Balaban J connectivity index is 0.000000200. The van der Waals surface area contributed by atoms with E-state index in [2.05, 4.69) is 86.7 Å². The quantitative estimate of drug-likeness (QED) is 0.363. The molecule has 1 nitrogen and oxygen atoms in total. The molecule has 0 N–H and O–H groups in total. The summed E-state index contributed by atoms with van der Waals surface area (Å²) < 4.78 is 5.34. The van der Waals surface area contributed by atoms with Crippen molar-refractivity contribution in [2.75, 3.05) is 6.61 Å². The van der Waals surface area contributed by atoms with Crippen LogP contribution in [0.25, 0.3) is 29.9 Å². The first kappa shape index (κ1) is 22.6. The van der Waals surface area contributed by atoms with E-state index in [4.69, 9.17) is 4.74 Å². The second-order valence-electron chi connectivity index (χ2n) is 10.1. The molecule has 1 atom stereocenters. The zero-order valence-electron chi connectivity index (χ0n) is 21.1. The molecule has 0 saturated carbocycles. The molecule has 1 heteroatoms. The van der Waals surface area contributed by atoms with Gasteiger partial charge in [0.25, 0.3) is 0 Å². The van der Waals surface area contributed by atoms with Gasteiger partial charge in [0.15, 0.2) is 0 Å². The summed E-state index contributed by atoms with van der Waals surface area (Å²) in [6.07, 6.45) is 19.4. The fraction of sp³-hybridized carbons (Fsp3) is 0.200. The fourth-order valence-electron chi connectivity index (χ4n) is 5.80. The van der Waals surface area contributed by atoms with E-state index in [0.717, 1.165) is 25.0 Å². The molecule has 0 fully saturated rings. The van der Waals surface area contributed by atoms with Gasteiger partial charge < -0.3 is 4.74 Å². The van der Waals surface area contributed by atoms with E-state index in [1.165, 1.54) is 49.4 Å². The minimum atomic E-state index is 0.514. The van der Waals surface area contributed by atoms with E-state index >= 15 is 0 Å². The Labute approximate surface area is 214 Å². The van der Waals surface area contributed by atoms with Crippen molar-refractivity contribution in [1.29, 1.82) is 0 Å². The van der Waals surface area contributed by atoms with Gasteiger partial charge in [0.1, 0.15) is 12.4 Å². The second-order valence-corrected chi connectivity index (χ2v) is 10.1. The first-order valence-electron chi connectivity index (χ1n) is 13.0. The smallest absolute Gasteiger partial charge is 0.126 e. The van der Waals surface area contributed by atoms with Gasteiger partial charge in [0, 0.05) is 11.5 Å². The molecule has 0 amide bonds. The molecule has 0 radical (unpaired) electrons. The molecule has 1 heterocycles. The van der Waals surface area contributed by atoms with Crippen molar-refractivity contribution in [3.05, 3.63) is 128 Å². The van der Waals surface area contributed by atoms with Crippen molar-refractivity contribution in [1.82, 2.24) is 0 Å². The lowest BCUT2D eigenvalue weighted by Crippen LogP contribution is -2.33. The first-order valence-corrected chi connectivity index (χ1v) is 13.0. The van der Waals surface area contributed by atoms with Crippen LogP contribution in [0, 0.1) is 6.92 Å². The summed E-state index contributed by atoms with van der Waals surface area (Å²) in [6, 6.07) is 21.5. The molecule has 7 rings (SSSR count). The predicted molar refractivity (Wildman–Crippen MR) is 153 cm³/mol. The molecule has 3 aromatic carbocycles. The van der Waals surface area contributed by atoms with Gasteiger partial charge in [-0.3, -0.25) is 0 Å². The average molecular weight is 469 g/mol. The average Bonchev–Trinajstić information content (AvgIpc) is 2.93. The van der Waals surface area contributed by atoms with Crippen molar-refractivity contribution in [2.45, 2.75) is 39.0 Å². The van der Waals surface area contributed by atoms with E-state index < -0.39 is 0 Å². The van der Waals surface area contributed by atoms with Crippen molar-refractivity contribution in [2.24, 2.45) is 0 Å². The molecule has 0 bridgehead atoms. The molecule has 0 aromatic heterocycles. The number of aryl methyl sites for hydroxylation is 1. The predicted octanol–water partition coefficient (Wildman–Crippen LogP) is 7.36. The molecule has 3 aromatic rings. The molecular weight excluding hydrogens is 436 g/mol. The summed E-state index contributed by atoms with van der Waals surface area (Å²) in [5, 5.41) is 2.89. The van der Waals surface area contributed by atoms with E-state index in [9.17, 15) is 0 Å². The number of hydrogen-bond donors (Lipinski definition) is 0. The van der Waals surface area contributed by atoms with Crippen LogP contribution in [0.3, 0.4) is 0 Å². The highest BCUT2D eigenvalue weighted by Gasteiger charge is 2.22. The topological polar surface area (TPSA) is 9.23 Å². The van der Waals surface area contributed by atoms with E-state index in [0.29, 0.717) is 12.5 Å². The third kappa shape index (κ3) is 4.31. The molecular formula is C35H32O. The Bertz CT molecular complexity index is 1580. The van der Waals surface area contributed by atoms with Gasteiger partial charge in [-0.2, -0.15) is 0 Å². The summed E-state index contributed by atoms with van der Waals surface area (Å²) >= 11 is 0. The number of ether oxygens (including phenoxy) is 1. The van der Waals surface area contributed by atoms with Crippen LogP contribution in [0.1, 0.15) is 59.9 Å². The van der Waals surface area contributed by atoms with Gasteiger partial charge in [0.2, 0.25) is 0 Å². The molecule has 178 valence electrons. The normalized spacial score (nSPS) is 18.6. The fourth-order valence-corrected chi connectivity index (χ4v) is 5.80. The van der Waals surface area contributed by atoms with Crippen molar-refractivity contribution < 1.29 is 4.74 Å². The highest BCUT2D eigenvalue weighted by atomic mass is 16.5. The van der Waals surface area contributed by atoms with Crippen LogP contribution >= 0.6 is 0 Å². The van der Waals surface area contributed by atoms with Crippen molar-refractivity contribution >= 4 is 29.9 Å². The van der Waals surface area contributed by atoms with Crippen LogP contribution in [0.5, 0.6) is 5.75 Å². The summed E-state index contributed by atoms with van der Waals surface area (Å²) in [5.41, 5.74) is 11.4. The third-order valence-electron chi connectivity index (χ3n) is 7.68. The first-order chi connectivity index (χ1) is 17.7. The van der Waals surface area contributed by atoms with Crippen LogP contribution in [0.4, 0.5) is 0 Å². The summed E-state index contributed by atoms with van der Waals surface area (Å²) in [7, 11) is 0. The third-order valence-corrected chi connectivity index (χ3v) is 7.68. The van der Waals surface area contributed by atoms with Crippen LogP contribution < -0.4 is 15.2 Å². The SMILES string of the molecule is C1=Cc2ccccc2OC1.CC1=Cc2ccc3c(c2=CC1)=CCC1=C3C=C[C@@H](c2ccccc2C)C1. The lowest BCUT2D eigenvalue weighted by atomic mass is 9.78. The molecule has 0 unspecified atom stereocenters. The minimum Gasteiger partial charge on any atom is -0.489 e. The Hall–Kier alpha value is -3.84. The van der Waals surface area contributed by atoms with Crippen LogP contribution in [-0.2, 0) is 0 Å². The highest BCUT2D eigenvalue weighted by Crippen LogP contribution is 2.38. The minimum absolute atomic E-state index is 0.514. The van der Waals surface area contributed by atoms with Gasteiger partial charge in [-0.15, -0.1) is 0 Å². The molecule has 3 aliphatic carbocycles. The number of allylic oxidation sites excluding steroid dienone is 5. The van der Waals surface area contributed by atoms with Crippen LogP contribution in [0.15, 0.2) is 90.0 Å². The Morgan fingerprint density at radius 3 is 2.50 bits per heavy atom. The largest absolute Gasteiger partial charge is 0.489 e. The summed E-state index contributed by atoms with van der Waals surface area (Å²) in [6.45, 7) is 5.16. The Morgan fingerprint density at radius 2 is 1.61 bits per heavy atom. The lowest BCUT2D eigenvalue weighted by Gasteiger charge is -2.27. The van der Waals surface area contributed by atoms with Gasteiger partial charge in [-0.1, -0.05) is 102 Å². The summed E-state index contributed by atoms with van der Waals surface area (Å²) in [4.78, 5) is 0. The molecule has 4 aliphatic rings. The van der Waals surface area contributed by atoms with Gasteiger partial charge in [0.05, 0.1) is 0 Å². The van der Waals surface area contributed by atoms with E-state index in [-0.39, 0.29) is 0 Å². The maximum atomic E-state index is 5.34. The molecule has 0 spiro atoms. The number of hydrogen-bond acceptors (Lipinski definition) is 1. The number of para-hydroxylation sites is 1. The van der Waals surface area contributed by atoms with Crippen molar-refractivity contribution in [3.8, 4) is 5.75 Å². The maximum absolute atomic E-state index is 5.34. The lowest BCUT2D eigenvalue weighted by molar-refractivity contribution is 0.358. The van der Waals surface area contributed by atoms with Crippen LogP contribution in [-0.4, -0.2) is 6.61 Å². The standard InChI is InChI=1S/C26H24.C9H8O/c1-17-7-11-23-19(15-17)9-13-26-24-12-8-20(16-21(24)10-14-25(23)26)22-6-4-3-5-18(22)2;1-2-6-9-8(4-1)5-3-7-10-9/h3-6,8-9,11-15,20H,7,10,16H2,1-2H3;1-6H,7H2/t20-;/m1./s1. The number of benzene rings is 3. The molecule has 1 aliphatic heterocycles. The zero-order chi connectivity index (χ0) is 24.5. The van der Waals surface area contributed by atoms with Gasteiger partial charge in [-0.25, -0.2) is 0 Å². The van der Waals surface area contributed by atoms with Crippen molar-refractivity contribution in [3.63, 3.8) is 0 Å². The maximum Gasteiger partial charge on any atom is 0.126 e. The Kier molecular flexibility index (Phi) is 6.07. The van der Waals surface area contributed by atoms with Gasteiger partial charge in [-0.05, 0) is 83.5 Å². The van der Waals surface area contributed by atoms with E-state index in [1.807, 2.05) is 30.3 Å². The zero-order valence-corrected chi connectivity index (χ0v) is 21.1. The molecule has 0 saturated heterocycles. The van der Waals surface area contributed by atoms with E-state index in [1.54, 1.807) is 5.57 Å².